The van der Waals surface area contributed by atoms with E-state index in [4.69, 9.17) is 21.1 Å². The maximum atomic E-state index is 9.68. The smallest absolute Gasteiger partial charge is 0.0897 e. The molecular weight excluding hydrogens is 266 g/mol. The molecule has 4 nitrogen and oxygen atoms in total. The maximum Gasteiger partial charge on any atom is 0.0897 e. The van der Waals surface area contributed by atoms with Crippen LogP contribution in [0.1, 0.15) is 12.5 Å². The summed E-state index contributed by atoms with van der Waals surface area (Å²) >= 11 is 5.89. The van der Waals surface area contributed by atoms with Crippen LogP contribution in [0, 0.1) is 0 Å². The Kier molecular flexibility index (Phi) is 8.79. The van der Waals surface area contributed by atoms with Crippen LogP contribution in [0.4, 0.5) is 0 Å². The van der Waals surface area contributed by atoms with E-state index in [0.29, 0.717) is 39.5 Å². The summed E-state index contributed by atoms with van der Waals surface area (Å²) in [5.74, 6) is 0. The Bertz CT molecular complexity index is 349. The molecule has 0 bridgehead atoms. The second-order valence-electron chi connectivity index (χ2n) is 4.19. The van der Waals surface area contributed by atoms with E-state index in [2.05, 4.69) is 5.32 Å². The second-order valence-corrected chi connectivity index (χ2v) is 4.62. The van der Waals surface area contributed by atoms with Crippen molar-refractivity contribution in [1.29, 1.82) is 0 Å². The van der Waals surface area contributed by atoms with Crippen LogP contribution in [-0.2, 0) is 16.0 Å². The zero-order chi connectivity index (χ0) is 13.9. The van der Waals surface area contributed by atoms with E-state index < -0.39 is 6.10 Å². The average molecular weight is 288 g/mol. The van der Waals surface area contributed by atoms with Crippen molar-refractivity contribution in [3.05, 3.63) is 34.9 Å². The lowest BCUT2D eigenvalue weighted by Crippen LogP contribution is -2.30. The molecule has 1 rings (SSSR count). The highest BCUT2D eigenvalue weighted by molar-refractivity contribution is 6.30. The number of rotatable bonds is 10. The Hall–Kier alpha value is -0.650. The summed E-state index contributed by atoms with van der Waals surface area (Å²) in [6, 6.07) is 7.64. The normalized spacial score (nSPS) is 12.6. The molecule has 0 spiro atoms. The molecule has 2 N–H and O–H groups in total. The standard InChI is InChI=1S/C14H22ClNO3/c1-2-18-6-7-19-11-14(17)10-16-9-12-4-3-5-13(15)8-12/h3-5,8,14,16-17H,2,6-7,9-11H2,1H3. The van der Waals surface area contributed by atoms with Crippen molar-refractivity contribution in [2.24, 2.45) is 0 Å². The molecule has 0 aliphatic heterocycles. The summed E-state index contributed by atoms with van der Waals surface area (Å²) < 4.78 is 10.4. The molecule has 108 valence electrons. The van der Waals surface area contributed by atoms with Gasteiger partial charge >= 0.3 is 0 Å². The van der Waals surface area contributed by atoms with E-state index in [1.165, 1.54) is 0 Å². The minimum Gasteiger partial charge on any atom is -0.389 e. The van der Waals surface area contributed by atoms with Gasteiger partial charge in [0.25, 0.3) is 0 Å². The van der Waals surface area contributed by atoms with Gasteiger partial charge in [0, 0.05) is 24.7 Å². The number of hydrogen-bond donors (Lipinski definition) is 2. The zero-order valence-electron chi connectivity index (χ0n) is 11.3. The van der Waals surface area contributed by atoms with E-state index in [0.717, 1.165) is 10.6 Å². The van der Waals surface area contributed by atoms with Crippen molar-refractivity contribution in [1.82, 2.24) is 5.32 Å². The molecule has 0 aliphatic carbocycles. The molecule has 0 radical (unpaired) electrons. The molecular formula is C14H22ClNO3. The Balaban J connectivity index is 2.05. The summed E-state index contributed by atoms with van der Waals surface area (Å²) in [7, 11) is 0. The Morgan fingerprint density at radius 2 is 2.11 bits per heavy atom. The number of aliphatic hydroxyl groups excluding tert-OH is 1. The fraction of sp³-hybridized carbons (Fsp3) is 0.571. The Labute approximate surface area is 119 Å². The van der Waals surface area contributed by atoms with Crippen LogP contribution >= 0.6 is 11.6 Å². The SMILES string of the molecule is CCOCCOCC(O)CNCc1cccc(Cl)c1. The molecule has 0 saturated heterocycles. The molecule has 19 heavy (non-hydrogen) atoms. The molecule has 0 amide bonds. The number of nitrogens with one attached hydrogen (secondary N) is 1. The maximum absolute atomic E-state index is 9.68. The van der Waals surface area contributed by atoms with Gasteiger partial charge in [0.1, 0.15) is 0 Å². The van der Waals surface area contributed by atoms with Crippen LogP contribution in [-0.4, -0.2) is 44.2 Å². The molecule has 0 fully saturated rings. The van der Waals surface area contributed by atoms with Crippen molar-refractivity contribution in [3.63, 3.8) is 0 Å². The van der Waals surface area contributed by atoms with Gasteiger partial charge in [0.05, 0.1) is 25.9 Å². The summed E-state index contributed by atoms with van der Waals surface area (Å²) in [5, 5.41) is 13.6. The average Bonchev–Trinajstić information content (AvgIpc) is 2.38. The van der Waals surface area contributed by atoms with Gasteiger partial charge in [-0.3, -0.25) is 0 Å². The highest BCUT2D eigenvalue weighted by Gasteiger charge is 2.03. The molecule has 0 aliphatic rings. The number of halogens is 1. The quantitative estimate of drug-likeness (QED) is 0.645. The van der Waals surface area contributed by atoms with Crippen molar-refractivity contribution in [3.8, 4) is 0 Å². The summed E-state index contributed by atoms with van der Waals surface area (Å²) in [4.78, 5) is 0. The summed E-state index contributed by atoms with van der Waals surface area (Å²) in [6.07, 6.45) is -0.513. The van der Waals surface area contributed by atoms with Gasteiger partial charge < -0.3 is 19.9 Å². The van der Waals surface area contributed by atoms with E-state index >= 15 is 0 Å². The topological polar surface area (TPSA) is 50.7 Å². The van der Waals surface area contributed by atoms with Crippen LogP contribution in [0.15, 0.2) is 24.3 Å². The molecule has 1 unspecified atom stereocenters. The first-order chi connectivity index (χ1) is 9.22. The largest absolute Gasteiger partial charge is 0.389 e. The second kappa shape index (κ2) is 10.2. The fourth-order valence-corrected chi connectivity index (χ4v) is 1.78. The number of benzene rings is 1. The first kappa shape index (κ1) is 16.4. The monoisotopic (exact) mass is 287 g/mol. The van der Waals surface area contributed by atoms with Crippen LogP contribution in [0.25, 0.3) is 0 Å². The lowest BCUT2D eigenvalue weighted by atomic mass is 10.2. The predicted molar refractivity (Wildman–Crippen MR) is 76.5 cm³/mol. The van der Waals surface area contributed by atoms with Crippen molar-refractivity contribution < 1.29 is 14.6 Å². The van der Waals surface area contributed by atoms with Crippen molar-refractivity contribution >= 4 is 11.6 Å². The van der Waals surface area contributed by atoms with Gasteiger partial charge in [-0.05, 0) is 24.6 Å². The first-order valence-corrected chi connectivity index (χ1v) is 6.89. The van der Waals surface area contributed by atoms with Gasteiger partial charge in [-0.2, -0.15) is 0 Å². The molecule has 0 heterocycles. The van der Waals surface area contributed by atoms with Gasteiger partial charge in [-0.15, -0.1) is 0 Å². The van der Waals surface area contributed by atoms with E-state index in [-0.39, 0.29) is 0 Å². The lowest BCUT2D eigenvalue weighted by Gasteiger charge is -2.12. The third kappa shape index (κ3) is 8.18. The van der Waals surface area contributed by atoms with Crippen molar-refractivity contribution in [2.75, 3.05) is 33.0 Å². The number of aliphatic hydroxyl groups is 1. The molecule has 1 aromatic carbocycles. The van der Waals surface area contributed by atoms with Gasteiger partial charge in [-0.25, -0.2) is 0 Å². The van der Waals surface area contributed by atoms with E-state index in [1.807, 2.05) is 31.2 Å². The highest BCUT2D eigenvalue weighted by Crippen LogP contribution is 2.10. The first-order valence-electron chi connectivity index (χ1n) is 6.51. The third-order valence-corrected chi connectivity index (χ3v) is 2.72. The van der Waals surface area contributed by atoms with E-state index in [1.54, 1.807) is 0 Å². The summed E-state index contributed by atoms with van der Waals surface area (Å²) in [5.41, 5.74) is 1.09. The molecule has 1 aromatic rings. The lowest BCUT2D eigenvalue weighted by molar-refractivity contribution is 0.00643. The van der Waals surface area contributed by atoms with Crippen LogP contribution in [0.2, 0.25) is 5.02 Å². The van der Waals surface area contributed by atoms with Gasteiger partial charge in [-0.1, -0.05) is 23.7 Å². The van der Waals surface area contributed by atoms with Crippen LogP contribution in [0.3, 0.4) is 0 Å². The fourth-order valence-electron chi connectivity index (χ4n) is 1.57. The molecule has 0 saturated carbocycles. The third-order valence-electron chi connectivity index (χ3n) is 2.48. The molecule has 1 atom stereocenters. The minimum atomic E-state index is -0.513. The van der Waals surface area contributed by atoms with Gasteiger partial charge in [0.15, 0.2) is 0 Å². The zero-order valence-corrected chi connectivity index (χ0v) is 12.0. The Morgan fingerprint density at radius 3 is 2.84 bits per heavy atom. The molecule has 0 aromatic heterocycles. The minimum absolute atomic E-state index is 0.315. The summed E-state index contributed by atoms with van der Waals surface area (Å²) in [6.45, 7) is 5.19. The predicted octanol–water partition coefficient (Wildman–Crippen LogP) is 1.84. The highest BCUT2D eigenvalue weighted by atomic mass is 35.5. The van der Waals surface area contributed by atoms with Crippen molar-refractivity contribution in [2.45, 2.75) is 19.6 Å². The molecule has 5 heteroatoms. The van der Waals surface area contributed by atoms with Crippen LogP contribution < -0.4 is 5.32 Å². The van der Waals surface area contributed by atoms with Crippen LogP contribution in [0.5, 0.6) is 0 Å². The number of ether oxygens (including phenoxy) is 2. The number of hydrogen-bond acceptors (Lipinski definition) is 4. The van der Waals surface area contributed by atoms with E-state index in [9.17, 15) is 5.11 Å². The van der Waals surface area contributed by atoms with Gasteiger partial charge in [0.2, 0.25) is 0 Å². The Morgan fingerprint density at radius 1 is 1.32 bits per heavy atom.